The van der Waals surface area contributed by atoms with E-state index in [1.807, 2.05) is 78.7 Å². The van der Waals surface area contributed by atoms with E-state index in [9.17, 15) is 18.3 Å². The lowest BCUT2D eigenvalue weighted by molar-refractivity contribution is -0.117. The SMILES string of the molecule is Cc1cc(N(c2ccccc2)c2nc(Sc3ccc(NC(=O)CN4CC(S(=O)(=O)C(C)(C)C)CC4CO)cc3)nn3cccc23)n[nH]1. The number of aromatic nitrogens is 5. The predicted molar refractivity (Wildman–Crippen MR) is 183 cm³/mol. The van der Waals surface area contributed by atoms with Crippen LogP contribution in [0.2, 0.25) is 0 Å². The second-order valence-electron chi connectivity index (χ2n) is 12.6. The topological polar surface area (TPSA) is 149 Å². The van der Waals surface area contributed by atoms with E-state index in [1.165, 1.54) is 11.8 Å². The lowest BCUT2D eigenvalue weighted by Crippen LogP contribution is -2.41. The Kier molecular flexibility index (Phi) is 9.12. The van der Waals surface area contributed by atoms with E-state index >= 15 is 0 Å². The molecule has 0 saturated carbocycles. The van der Waals surface area contributed by atoms with E-state index in [4.69, 9.17) is 10.1 Å². The molecule has 14 heteroatoms. The number of benzene rings is 2. The van der Waals surface area contributed by atoms with Crippen LogP contribution in [0.5, 0.6) is 0 Å². The number of para-hydroxylation sites is 1. The molecule has 0 aliphatic carbocycles. The number of nitrogens with one attached hydrogen (secondary N) is 2. The molecule has 1 fully saturated rings. The maximum absolute atomic E-state index is 13.0. The van der Waals surface area contributed by atoms with Crippen LogP contribution in [0.4, 0.5) is 23.0 Å². The number of rotatable bonds is 10. The molecule has 2 atom stereocenters. The van der Waals surface area contributed by atoms with E-state index in [1.54, 1.807) is 42.3 Å². The van der Waals surface area contributed by atoms with E-state index < -0.39 is 19.8 Å². The van der Waals surface area contributed by atoms with E-state index in [2.05, 4.69) is 15.5 Å². The van der Waals surface area contributed by atoms with E-state index in [0.717, 1.165) is 21.8 Å². The van der Waals surface area contributed by atoms with Crippen molar-refractivity contribution in [2.24, 2.45) is 0 Å². The Labute approximate surface area is 278 Å². The normalized spacial score (nSPS) is 17.3. The number of hydrogen-bond donors (Lipinski definition) is 3. The minimum atomic E-state index is -3.43. The zero-order valence-electron chi connectivity index (χ0n) is 26.7. The highest BCUT2D eigenvalue weighted by Crippen LogP contribution is 2.37. The first-order valence-electron chi connectivity index (χ1n) is 15.3. The molecule has 2 unspecified atom stereocenters. The summed E-state index contributed by atoms with van der Waals surface area (Å²) < 4.78 is 26.9. The Morgan fingerprint density at radius 2 is 1.85 bits per heavy atom. The fourth-order valence-corrected chi connectivity index (χ4v) is 8.32. The van der Waals surface area contributed by atoms with Crippen molar-refractivity contribution >= 4 is 56.0 Å². The number of carbonyl (C=O) groups excluding carboxylic acids is 1. The Hall–Kier alpha value is -4.24. The highest BCUT2D eigenvalue weighted by atomic mass is 32.2. The Bertz CT molecular complexity index is 1970. The van der Waals surface area contributed by atoms with Gasteiger partial charge in [-0.15, -0.1) is 5.10 Å². The molecule has 0 bridgehead atoms. The third-order valence-electron chi connectivity index (χ3n) is 8.19. The molecule has 0 radical (unpaired) electrons. The van der Waals surface area contributed by atoms with Crippen molar-refractivity contribution in [2.45, 2.75) is 60.2 Å². The molecule has 12 nitrogen and oxygen atoms in total. The quantitative estimate of drug-likeness (QED) is 0.185. The second kappa shape index (κ2) is 13.1. The number of carbonyl (C=O) groups is 1. The van der Waals surface area contributed by atoms with Crippen molar-refractivity contribution < 1.29 is 18.3 Å². The number of H-pyrrole nitrogens is 1. The molecule has 3 aromatic heterocycles. The number of anilines is 4. The van der Waals surface area contributed by atoms with Gasteiger partial charge >= 0.3 is 0 Å². The molecule has 5 aromatic rings. The van der Waals surface area contributed by atoms with Gasteiger partial charge < -0.3 is 10.4 Å². The number of likely N-dealkylation sites (tertiary alicyclic amines) is 1. The largest absolute Gasteiger partial charge is 0.395 e. The summed E-state index contributed by atoms with van der Waals surface area (Å²) in [4.78, 5) is 22.6. The highest BCUT2D eigenvalue weighted by Gasteiger charge is 2.44. The van der Waals surface area contributed by atoms with Gasteiger partial charge in [0, 0.05) is 46.8 Å². The minimum Gasteiger partial charge on any atom is -0.395 e. The van der Waals surface area contributed by atoms with Crippen LogP contribution in [-0.2, 0) is 14.6 Å². The summed E-state index contributed by atoms with van der Waals surface area (Å²) in [6.45, 7) is 6.98. The van der Waals surface area contributed by atoms with Gasteiger partial charge in [-0.05, 0) is 94.4 Å². The van der Waals surface area contributed by atoms with Gasteiger partial charge in [0.1, 0.15) is 5.52 Å². The first-order valence-corrected chi connectivity index (χ1v) is 17.7. The van der Waals surface area contributed by atoms with Crippen molar-refractivity contribution in [1.82, 2.24) is 29.7 Å². The maximum Gasteiger partial charge on any atom is 0.238 e. The average Bonchev–Trinajstić information content (AvgIpc) is 3.78. The monoisotopic (exact) mass is 674 g/mol. The average molecular weight is 675 g/mol. The summed E-state index contributed by atoms with van der Waals surface area (Å²) in [6, 6.07) is 22.8. The first kappa shape index (κ1) is 32.7. The van der Waals surface area contributed by atoms with E-state index in [0.29, 0.717) is 28.9 Å². The van der Waals surface area contributed by atoms with Gasteiger partial charge in [-0.25, -0.2) is 17.9 Å². The van der Waals surface area contributed by atoms with Crippen molar-refractivity contribution in [2.75, 3.05) is 29.9 Å². The third kappa shape index (κ3) is 6.91. The summed E-state index contributed by atoms with van der Waals surface area (Å²) in [7, 11) is -3.43. The molecule has 1 amide bonds. The number of hydrogen-bond acceptors (Lipinski definition) is 10. The van der Waals surface area contributed by atoms with Crippen LogP contribution in [0, 0.1) is 6.92 Å². The second-order valence-corrected chi connectivity index (χ2v) is 16.6. The zero-order chi connectivity index (χ0) is 33.3. The molecule has 0 spiro atoms. The van der Waals surface area contributed by atoms with Crippen molar-refractivity contribution in [3.8, 4) is 0 Å². The zero-order valence-corrected chi connectivity index (χ0v) is 28.3. The molecule has 4 heterocycles. The number of aromatic amines is 1. The lowest BCUT2D eigenvalue weighted by atomic mass is 10.2. The van der Waals surface area contributed by atoms with Gasteiger partial charge in [-0.1, -0.05) is 18.2 Å². The fourth-order valence-electron chi connectivity index (χ4n) is 5.71. The summed E-state index contributed by atoms with van der Waals surface area (Å²) >= 11 is 1.39. The first-order chi connectivity index (χ1) is 22.4. The van der Waals surface area contributed by atoms with Crippen LogP contribution in [0.25, 0.3) is 5.52 Å². The molecular formula is C33H38N8O4S2. The number of amides is 1. The van der Waals surface area contributed by atoms with Gasteiger partial charge in [-0.2, -0.15) is 5.10 Å². The lowest BCUT2D eigenvalue weighted by Gasteiger charge is -2.24. The summed E-state index contributed by atoms with van der Waals surface area (Å²) in [5.74, 6) is 1.10. The smallest absolute Gasteiger partial charge is 0.238 e. The number of aliphatic hydroxyl groups excluding tert-OH is 1. The highest BCUT2D eigenvalue weighted by molar-refractivity contribution is 7.99. The Morgan fingerprint density at radius 3 is 2.51 bits per heavy atom. The van der Waals surface area contributed by atoms with Crippen molar-refractivity contribution in [3.05, 3.63) is 84.7 Å². The molecule has 2 aromatic carbocycles. The van der Waals surface area contributed by atoms with Crippen LogP contribution in [0.1, 0.15) is 32.9 Å². The van der Waals surface area contributed by atoms with Crippen LogP contribution in [-0.4, -0.2) is 84.9 Å². The molecule has 246 valence electrons. The molecular weight excluding hydrogens is 637 g/mol. The predicted octanol–water partition coefficient (Wildman–Crippen LogP) is 4.97. The number of aliphatic hydroxyl groups is 1. The summed E-state index contributed by atoms with van der Waals surface area (Å²) in [6.07, 6.45) is 2.18. The van der Waals surface area contributed by atoms with Crippen LogP contribution in [0.3, 0.4) is 0 Å². The van der Waals surface area contributed by atoms with Crippen molar-refractivity contribution in [3.63, 3.8) is 0 Å². The third-order valence-corrected chi connectivity index (χ3v) is 12.0. The van der Waals surface area contributed by atoms with Crippen LogP contribution >= 0.6 is 11.8 Å². The Morgan fingerprint density at radius 1 is 1.11 bits per heavy atom. The molecule has 3 N–H and O–H groups in total. The van der Waals surface area contributed by atoms with Gasteiger partial charge in [0.15, 0.2) is 21.5 Å². The van der Waals surface area contributed by atoms with Gasteiger partial charge in [0.05, 0.1) is 23.1 Å². The minimum absolute atomic E-state index is 0.0150. The van der Waals surface area contributed by atoms with Gasteiger partial charge in [0.25, 0.3) is 0 Å². The molecule has 1 saturated heterocycles. The molecule has 1 aliphatic heterocycles. The standard InChI is InChI=1S/C33H38N8O4S2/c1-22-17-29(37-36-22)41(24-9-6-5-7-10-24)31-28-11-8-16-40(28)38-32(35-31)46-26-14-12-23(13-15-26)34-30(43)20-39-19-27(18-25(39)21-42)47(44,45)33(2,3)4/h5-17,25,27,42H,18-21H2,1-4H3,(H,34,43)(H,36,37). The number of nitrogens with zero attached hydrogens (tertiary/aromatic N) is 6. The van der Waals surface area contributed by atoms with Crippen LogP contribution in [0.15, 0.2) is 89.0 Å². The van der Waals surface area contributed by atoms with Gasteiger partial charge in [-0.3, -0.25) is 19.7 Å². The van der Waals surface area contributed by atoms with Crippen LogP contribution < -0.4 is 10.2 Å². The molecule has 1 aliphatic rings. The summed E-state index contributed by atoms with van der Waals surface area (Å²) in [5, 5.41) is 25.0. The summed E-state index contributed by atoms with van der Waals surface area (Å²) in [5.41, 5.74) is 3.25. The Balaban J connectivity index is 1.17. The van der Waals surface area contributed by atoms with Gasteiger partial charge in [0.2, 0.25) is 11.1 Å². The molecule has 47 heavy (non-hydrogen) atoms. The number of sulfone groups is 1. The van der Waals surface area contributed by atoms with E-state index in [-0.39, 0.29) is 31.6 Å². The maximum atomic E-state index is 13.0. The number of aryl methyl sites for hydroxylation is 1. The number of fused-ring (bicyclic) bond motifs is 1. The fraction of sp³-hybridized carbons (Fsp3) is 0.333. The van der Waals surface area contributed by atoms with Crippen molar-refractivity contribution in [1.29, 1.82) is 0 Å². The molecule has 6 rings (SSSR count).